The molecule has 2 heterocycles. The second-order valence-corrected chi connectivity index (χ2v) is 7.85. The molecule has 2 N–H and O–H groups in total. The van der Waals surface area contributed by atoms with Gasteiger partial charge in [0.05, 0.1) is 0 Å². The lowest BCUT2D eigenvalue weighted by Gasteiger charge is -2.20. The Balaban J connectivity index is 1.29. The first-order valence-corrected chi connectivity index (χ1v) is 9.84. The molecule has 1 saturated heterocycles. The van der Waals surface area contributed by atoms with Crippen LogP contribution in [0.15, 0.2) is 46.9 Å². The average molecular weight is 448 g/mol. The van der Waals surface area contributed by atoms with Gasteiger partial charge in [0.2, 0.25) is 0 Å². The van der Waals surface area contributed by atoms with Gasteiger partial charge in [0.25, 0.3) is 5.91 Å². The standard InChI is InChI=1S/C20H19BrFN3O3/c21-13-1-6-17-12(9-13)10-18(28-17)19(26)25-8-7-16(11-25)24-20(27)23-15-4-2-14(22)3-5-15/h1-6,9,16,18H,7-8,10-11H2,(H2,23,24,27). The summed E-state index contributed by atoms with van der Waals surface area (Å²) in [6, 6.07) is 10.8. The molecule has 2 aliphatic rings. The van der Waals surface area contributed by atoms with Gasteiger partial charge in [0.1, 0.15) is 11.6 Å². The summed E-state index contributed by atoms with van der Waals surface area (Å²) < 4.78 is 19.7. The predicted octanol–water partition coefficient (Wildman–Crippen LogP) is 3.31. The maximum Gasteiger partial charge on any atom is 0.319 e. The summed E-state index contributed by atoms with van der Waals surface area (Å²) in [5.74, 6) is 0.323. The summed E-state index contributed by atoms with van der Waals surface area (Å²) in [7, 11) is 0. The number of anilines is 1. The summed E-state index contributed by atoms with van der Waals surface area (Å²) in [6.07, 6.45) is 0.706. The number of nitrogens with one attached hydrogen (secondary N) is 2. The monoisotopic (exact) mass is 447 g/mol. The van der Waals surface area contributed by atoms with E-state index in [4.69, 9.17) is 4.74 Å². The Labute approximate surface area is 170 Å². The lowest BCUT2D eigenvalue weighted by Crippen LogP contribution is -2.43. The highest BCUT2D eigenvalue weighted by Gasteiger charge is 2.36. The molecule has 0 radical (unpaired) electrons. The zero-order chi connectivity index (χ0) is 19.7. The number of fused-ring (bicyclic) bond motifs is 1. The van der Waals surface area contributed by atoms with Crippen LogP contribution in [0.2, 0.25) is 0 Å². The van der Waals surface area contributed by atoms with Gasteiger partial charge in [-0.15, -0.1) is 0 Å². The smallest absolute Gasteiger partial charge is 0.319 e. The van der Waals surface area contributed by atoms with E-state index in [0.29, 0.717) is 31.6 Å². The number of likely N-dealkylation sites (tertiary alicyclic amines) is 1. The van der Waals surface area contributed by atoms with E-state index in [9.17, 15) is 14.0 Å². The van der Waals surface area contributed by atoms with E-state index in [1.807, 2.05) is 18.2 Å². The van der Waals surface area contributed by atoms with Gasteiger partial charge in [-0.2, -0.15) is 0 Å². The second-order valence-electron chi connectivity index (χ2n) is 6.94. The predicted molar refractivity (Wildman–Crippen MR) is 106 cm³/mol. The highest BCUT2D eigenvalue weighted by molar-refractivity contribution is 9.10. The Morgan fingerprint density at radius 3 is 2.75 bits per heavy atom. The van der Waals surface area contributed by atoms with Gasteiger partial charge >= 0.3 is 6.03 Å². The molecule has 2 aliphatic heterocycles. The van der Waals surface area contributed by atoms with Gasteiger partial charge in [0.15, 0.2) is 6.10 Å². The summed E-state index contributed by atoms with van der Waals surface area (Å²) in [6.45, 7) is 1.01. The van der Waals surface area contributed by atoms with E-state index >= 15 is 0 Å². The van der Waals surface area contributed by atoms with Crippen molar-refractivity contribution in [2.45, 2.75) is 25.0 Å². The van der Waals surface area contributed by atoms with Crippen LogP contribution < -0.4 is 15.4 Å². The minimum absolute atomic E-state index is 0.0597. The molecule has 1 fully saturated rings. The molecule has 2 aromatic rings. The van der Waals surface area contributed by atoms with Gasteiger partial charge in [0, 0.05) is 35.7 Å². The molecule has 0 saturated carbocycles. The van der Waals surface area contributed by atoms with Crippen LogP contribution in [-0.2, 0) is 11.2 Å². The molecule has 146 valence electrons. The van der Waals surface area contributed by atoms with Crippen LogP contribution in [0.4, 0.5) is 14.9 Å². The van der Waals surface area contributed by atoms with Crippen LogP contribution in [0.5, 0.6) is 5.75 Å². The first-order chi connectivity index (χ1) is 13.5. The molecule has 8 heteroatoms. The normalized spacial score (nSPS) is 20.4. The Kier molecular flexibility index (Phi) is 5.21. The van der Waals surface area contributed by atoms with Crippen molar-refractivity contribution in [1.82, 2.24) is 10.2 Å². The van der Waals surface area contributed by atoms with E-state index in [-0.39, 0.29) is 23.8 Å². The molecule has 2 atom stereocenters. The van der Waals surface area contributed by atoms with E-state index in [0.717, 1.165) is 15.8 Å². The molecule has 4 rings (SSSR count). The summed E-state index contributed by atoms with van der Waals surface area (Å²) >= 11 is 3.43. The first kappa shape index (κ1) is 18.7. The number of hydrogen-bond donors (Lipinski definition) is 2. The number of benzene rings is 2. The third-order valence-electron chi connectivity index (χ3n) is 4.91. The lowest BCUT2D eigenvalue weighted by atomic mass is 10.1. The van der Waals surface area contributed by atoms with Crippen molar-refractivity contribution in [2.75, 3.05) is 18.4 Å². The number of rotatable bonds is 3. The highest BCUT2D eigenvalue weighted by Crippen LogP contribution is 2.32. The highest BCUT2D eigenvalue weighted by atomic mass is 79.9. The SMILES string of the molecule is O=C(Nc1ccc(F)cc1)NC1CCN(C(=O)C2Cc3cc(Br)ccc3O2)C1. The van der Waals surface area contributed by atoms with E-state index < -0.39 is 6.10 Å². The molecule has 0 bridgehead atoms. The number of hydrogen-bond acceptors (Lipinski definition) is 3. The molecular weight excluding hydrogens is 429 g/mol. The molecule has 28 heavy (non-hydrogen) atoms. The van der Waals surface area contributed by atoms with E-state index in [2.05, 4.69) is 26.6 Å². The van der Waals surface area contributed by atoms with Crippen molar-refractivity contribution in [2.24, 2.45) is 0 Å². The number of carbonyl (C=O) groups excluding carboxylic acids is 2. The summed E-state index contributed by atoms with van der Waals surface area (Å²) in [4.78, 5) is 26.6. The first-order valence-electron chi connectivity index (χ1n) is 9.05. The van der Waals surface area contributed by atoms with Crippen molar-refractivity contribution in [3.05, 3.63) is 58.3 Å². The third kappa shape index (κ3) is 4.11. The Morgan fingerprint density at radius 1 is 1.18 bits per heavy atom. The number of ether oxygens (including phenoxy) is 1. The van der Waals surface area contributed by atoms with Crippen LogP contribution in [0.3, 0.4) is 0 Å². The average Bonchev–Trinajstić information content (AvgIpc) is 3.29. The quantitative estimate of drug-likeness (QED) is 0.757. The fraction of sp³-hybridized carbons (Fsp3) is 0.300. The van der Waals surface area contributed by atoms with E-state index in [1.165, 1.54) is 24.3 Å². The Hall–Kier alpha value is -2.61. The maximum atomic E-state index is 12.9. The summed E-state index contributed by atoms with van der Waals surface area (Å²) in [5, 5.41) is 5.52. The minimum Gasteiger partial charge on any atom is -0.480 e. The molecule has 0 spiro atoms. The number of nitrogens with zero attached hydrogens (tertiary/aromatic N) is 1. The lowest BCUT2D eigenvalue weighted by molar-refractivity contribution is -0.136. The van der Waals surface area contributed by atoms with Crippen molar-refractivity contribution in [3.63, 3.8) is 0 Å². The van der Waals surface area contributed by atoms with Crippen LogP contribution in [-0.4, -0.2) is 42.1 Å². The molecule has 0 aromatic heterocycles. The van der Waals surface area contributed by atoms with Gasteiger partial charge < -0.3 is 20.3 Å². The fourth-order valence-corrected chi connectivity index (χ4v) is 3.93. The van der Waals surface area contributed by atoms with Crippen molar-refractivity contribution >= 4 is 33.6 Å². The van der Waals surface area contributed by atoms with Crippen LogP contribution >= 0.6 is 15.9 Å². The molecule has 3 amide bonds. The fourth-order valence-electron chi connectivity index (χ4n) is 3.52. The van der Waals surface area contributed by atoms with Crippen molar-refractivity contribution < 1.29 is 18.7 Å². The Morgan fingerprint density at radius 2 is 1.96 bits per heavy atom. The van der Waals surface area contributed by atoms with E-state index in [1.54, 1.807) is 4.90 Å². The Bertz CT molecular complexity index is 906. The van der Waals surface area contributed by atoms with Gasteiger partial charge in [-0.05, 0) is 54.4 Å². The molecule has 2 unspecified atom stereocenters. The van der Waals surface area contributed by atoms with Crippen LogP contribution in [0.1, 0.15) is 12.0 Å². The maximum absolute atomic E-state index is 12.9. The van der Waals surface area contributed by atoms with Gasteiger partial charge in [-0.3, -0.25) is 4.79 Å². The zero-order valence-corrected chi connectivity index (χ0v) is 16.5. The van der Waals surface area contributed by atoms with Crippen molar-refractivity contribution in [1.29, 1.82) is 0 Å². The minimum atomic E-state index is -0.518. The second kappa shape index (κ2) is 7.79. The number of urea groups is 1. The van der Waals surface area contributed by atoms with Crippen LogP contribution in [0.25, 0.3) is 0 Å². The third-order valence-corrected chi connectivity index (χ3v) is 5.40. The largest absolute Gasteiger partial charge is 0.480 e. The molecule has 0 aliphatic carbocycles. The molecule has 6 nitrogen and oxygen atoms in total. The number of halogens is 2. The van der Waals surface area contributed by atoms with Crippen molar-refractivity contribution in [3.8, 4) is 5.75 Å². The topological polar surface area (TPSA) is 70.7 Å². The van der Waals surface area contributed by atoms with Gasteiger partial charge in [-0.1, -0.05) is 15.9 Å². The number of carbonyl (C=O) groups is 2. The zero-order valence-electron chi connectivity index (χ0n) is 15.0. The van der Waals surface area contributed by atoms with Crippen LogP contribution in [0, 0.1) is 5.82 Å². The molecule has 2 aromatic carbocycles. The summed E-state index contributed by atoms with van der Waals surface area (Å²) in [5.41, 5.74) is 1.52. The number of amides is 3. The molecular formula is C20H19BrFN3O3. The van der Waals surface area contributed by atoms with Gasteiger partial charge in [-0.25, -0.2) is 9.18 Å².